The second-order valence-electron chi connectivity index (χ2n) is 9.26. The Bertz CT molecular complexity index is 1420. The zero-order valence-electron chi connectivity index (χ0n) is 19.8. The van der Waals surface area contributed by atoms with Crippen molar-refractivity contribution >= 4 is 33.6 Å². The van der Waals surface area contributed by atoms with Crippen molar-refractivity contribution in [1.82, 2.24) is 4.98 Å². The number of allylic oxidation sites excluding steroid dienone is 4. The monoisotopic (exact) mass is 511 g/mol. The van der Waals surface area contributed by atoms with Gasteiger partial charge in [0.25, 0.3) is 0 Å². The highest BCUT2D eigenvalue weighted by atomic mass is 32.1. The molecule has 2 saturated heterocycles. The lowest BCUT2D eigenvalue weighted by Crippen LogP contribution is -2.40. The number of aliphatic hydroxyl groups excluding tert-OH is 1. The van der Waals surface area contributed by atoms with E-state index in [4.69, 9.17) is 24.6 Å². The van der Waals surface area contributed by atoms with E-state index < -0.39 is 6.29 Å². The van der Waals surface area contributed by atoms with Crippen LogP contribution in [-0.4, -0.2) is 46.8 Å². The summed E-state index contributed by atoms with van der Waals surface area (Å²) in [6, 6.07) is 18.0. The lowest BCUT2D eigenvalue weighted by atomic mass is 9.90. The van der Waals surface area contributed by atoms with Gasteiger partial charge in [-0.2, -0.15) is 5.10 Å². The molecule has 4 heterocycles. The molecule has 1 aliphatic carbocycles. The van der Waals surface area contributed by atoms with Gasteiger partial charge in [-0.3, -0.25) is 4.99 Å². The molecule has 0 amide bonds. The van der Waals surface area contributed by atoms with Gasteiger partial charge in [-0.25, -0.2) is 9.99 Å². The first kappa shape index (κ1) is 22.6. The molecule has 9 heteroatoms. The maximum Gasteiger partial charge on any atom is 0.209 e. The van der Waals surface area contributed by atoms with Crippen molar-refractivity contribution < 1.29 is 14.6 Å². The van der Waals surface area contributed by atoms with E-state index in [2.05, 4.69) is 47.1 Å². The van der Waals surface area contributed by atoms with Crippen LogP contribution in [0.1, 0.15) is 18.1 Å². The summed E-state index contributed by atoms with van der Waals surface area (Å²) in [6.07, 6.45) is 8.12. The minimum absolute atomic E-state index is 0.131. The van der Waals surface area contributed by atoms with Crippen LogP contribution in [0.25, 0.3) is 11.3 Å². The fraction of sp³-hybridized carbons (Fsp3) is 0.250. The maximum atomic E-state index is 9.45. The molecule has 0 bridgehead atoms. The van der Waals surface area contributed by atoms with E-state index in [1.807, 2.05) is 47.5 Å². The first-order valence-electron chi connectivity index (χ1n) is 12.3. The molecule has 3 aromatic rings. The SMILES string of the molecule is OC1OC1c1ccc(NCN=C2C(C3C=CC=CC3)=NN(c3nc(-c4ccccc4)cs3)C3OC23)cc1. The lowest BCUT2D eigenvalue weighted by Gasteiger charge is -2.25. The van der Waals surface area contributed by atoms with Crippen LogP contribution >= 0.6 is 11.3 Å². The summed E-state index contributed by atoms with van der Waals surface area (Å²) in [7, 11) is 0. The molecule has 3 aliphatic heterocycles. The number of nitrogens with zero attached hydrogens (tertiary/aromatic N) is 4. The molecule has 0 radical (unpaired) electrons. The first-order valence-corrected chi connectivity index (χ1v) is 13.2. The van der Waals surface area contributed by atoms with Crippen LogP contribution in [0.2, 0.25) is 0 Å². The Morgan fingerprint density at radius 1 is 1.05 bits per heavy atom. The van der Waals surface area contributed by atoms with Gasteiger partial charge < -0.3 is 19.9 Å². The van der Waals surface area contributed by atoms with Gasteiger partial charge in [-0.1, -0.05) is 66.8 Å². The topological polar surface area (TPSA) is 98.2 Å². The van der Waals surface area contributed by atoms with Crippen molar-refractivity contribution in [3.63, 3.8) is 0 Å². The van der Waals surface area contributed by atoms with Crippen LogP contribution in [0.15, 0.2) is 94.4 Å². The molecule has 2 N–H and O–H groups in total. The third kappa shape index (κ3) is 4.51. The highest BCUT2D eigenvalue weighted by Gasteiger charge is 2.54. The molecule has 0 saturated carbocycles. The Balaban J connectivity index is 1.12. The number of nitrogens with one attached hydrogen (secondary N) is 1. The molecule has 0 spiro atoms. The number of aromatic nitrogens is 1. The summed E-state index contributed by atoms with van der Waals surface area (Å²) in [6.45, 7) is 0.407. The van der Waals surface area contributed by atoms with Gasteiger partial charge in [0.1, 0.15) is 12.8 Å². The molecule has 8 nitrogen and oxygen atoms in total. The van der Waals surface area contributed by atoms with Crippen molar-refractivity contribution in [3.8, 4) is 11.3 Å². The number of ether oxygens (including phenoxy) is 2. The van der Waals surface area contributed by atoms with Gasteiger partial charge in [-0.15, -0.1) is 11.3 Å². The van der Waals surface area contributed by atoms with E-state index in [9.17, 15) is 5.11 Å². The minimum Gasteiger partial charge on any atom is -0.366 e. The average Bonchev–Trinajstić information content (AvgIpc) is 3.85. The predicted octanol–water partition coefficient (Wildman–Crippen LogP) is 4.74. The van der Waals surface area contributed by atoms with Crippen molar-refractivity contribution in [2.75, 3.05) is 17.0 Å². The van der Waals surface area contributed by atoms with Crippen LogP contribution in [0, 0.1) is 5.92 Å². The summed E-state index contributed by atoms with van der Waals surface area (Å²) in [5.74, 6) is 0.134. The van der Waals surface area contributed by atoms with E-state index in [0.29, 0.717) is 6.67 Å². The number of hydrogen-bond acceptors (Lipinski definition) is 9. The third-order valence-corrected chi connectivity index (χ3v) is 7.62. The average molecular weight is 512 g/mol. The number of hydrazone groups is 1. The van der Waals surface area contributed by atoms with E-state index in [0.717, 1.165) is 45.5 Å². The molecule has 186 valence electrons. The second kappa shape index (κ2) is 9.35. The summed E-state index contributed by atoms with van der Waals surface area (Å²) < 4.78 is 11.2. The minimum atomic E-state index is -0.682. The number of aliphatic hydroxyl groups is 1. The summed E-state index contributed by atoms with van der Waals surface area (Å²) in [5, 5.41) is 22.7. The van der Waals surface area contributed by atoms with Crippen LogP contribution in [0.5, 0.6) is 0 Å². The van der Waals surface area contributed by atoms with Crippen molar-refractivity contribution in [2.24, 2.45) is 16.0 Å². The summed E-state index contributed by atoms with van der Waals surface area (Å²) in [5.41, 5.74) is 5.76. The van der Waals surface area contributed by atoms with Crippen LogP contribution in [0.3, 0.4) is 0 Å². The highest BCUT2D eigenvalue weighted by Crippen LogP contribution is 2.40. The number of anilines is 2. The number of rotatable bonds is 7. The quantitative estimate of drug-likeness (QED) is 0.445. The molecule has 5 atom stereocenters. The third-order valence-electron chi connectivity index (χ3n) is 6.79. The Morgan fingerprint density at radius 2 is 1.89 bits per heavy atom. The Kier molecular flexibility index (Phi) is 5.70. The van der Waals surface area contributed by atoms with Gasteiger partial charge in [-0.05, 0) is 24.1 Å². The molecule has 2 fully saturated rings. The number of thiazole rings is 1. The molecule has 4 aliphatic rings. The fourth-order valence-electron chi connectivity index (χ4n) is 4.70. The first-order chi connectivity index (χ1) is 18.2. The molecule has 7 rings (SSSR count). The fourth-order valence-corrected chi connectivity index (χ4v) is 5.51. The van der Waals surface area contributed by atoms with E-state index in [-0.39, 0.29) is 24.4 Å². The molecular formula is C28H25N5O3S. The molecule has 1 aromatic heterocycles. The normalized spacial score (nSPS) is 28.7. The number of fused-ring (bicyclic) bond motifs is 1. The highest BCUT2D eigenvalue weighted by molar-refractivity contribution is 7.14. The predicted molar refractivity (Wildman–Crippen MR) is 145 cm³/mol. The number of aliphatic imine (C=N–C) groups is 1. The number of hydrogen-bond donors (Lipinski definition) is 2. The van der Waals surface area contributed by atoms with Gasteiger partial charge in [0.2, 0.25) is 5.13 Å². The summed E-state index contributed by atoms with van der Waals surface area (Å²) >= 11 is 1.57. The number of epoxide rings is 2. The van der Waals surface area contributed by atoms with E-state index in [1.165, 1.54) is 0 Å². The zero-order valence-corrected chi connectivity index (χ0v) is 20.7. The van der Waals surface area contributed by atoms with Crippen LogP contribution in [0.4, 0.5) is 10.8 Å². The molecule has 37 heavy (non-hydrogen) atoms. The standard InChI is InChI=1S/C28H25N5O3S/c34-27-24(36-27)19-11-13-20(14-12-19)29-16-30-23-22(18-9-5-2-6-10-18)32-33(26-25(23)35-26)28-31-21(15-37-28)17-7-3-1-4-8-17/h1-9,11-15,18,24-27,29,34H,10,16H2. The second-order valence-corrected chi connectivity index (χ2v) is 10.1. The zero-order chi connectivity index (χ0) is 24.8. The largest absolute Gasteiger partial charge is 0.366 e. The maximum absolute atomic E-state index is 9.45. The van der Waals surface area contributed by atoms with Gasteiger partial charge in [0.15, 0.2) is 18.6 Å². The van der Waals surface area contributed by atoms with Crippen LogP contribution < -0.4 is 10.3 Å². The Labute approximate surface area is 218 Å². The van der Waals surface area contributed by atoms with Gasteiger partial charge >= 0.3 is 0 Å². The number of benzene rings is 2. The smallest absolute Gasteiger partial charge is 0.209 e. The van der Waals surface area contributed by atoms with Crippen molar-refractivity contribution in [2.45, 2.75) is 31.1 Å². The van der Waals surface area contributed by atoms with Crippen LogP contribution in [-0.2, 0) is 9.47 Å². The Hall–Kier alpha value is -3.63. The summed E-state index contributed by atoms with van der Waals surface area (Å²) in [4.78, 5) is 9.77. The van der Waals surface area contributed by atoms with Crippen molar-refractivity contribution in [1.29, 1.82) is 0 Å². The van der Waals surface area contributed by atoms with E-state index in [1.54, 1.807) is 11.3 Å². The van der Waals surface area contributed by atoms with Gasteiger partial charge in [0.05, 0.1) is 17.1 Å². The van der Waals surface area contributed by atoms with Crippen molar-refractivity contribution in [3.05, 3.63) is 89.8 Å². The Morgan fingerprint density at radius 3 is 2.65 bits per heavy atom. The van der Waals surface area contributed by atoms with E-state index >= 15 is 0 Å². The molecule has 5 unspecified atom stereocenters. The lowest BCUT2D eigenvalue weighted by molar-refractivity contribution is 0.156. The van der Waals surface area contributed by atoms with Gasteiger partial charge in [0, 0.05) is 22.5 Å². The molecule has 2 aromatic carbocycles. The molecular weight excluding hydrogens is 486 g/mol.